The van der Waals surface area contributed by atoms with Gasteiger partial charge in [-0.2, -0.15) is 0 Å². The molecule has 0 heterocycles. The van der Waals surface area contributed by atoms with Crippen LogP contribution in [0, 0.1) is 19.4 Å². The van der Waals surface area contributed by atoms with Gasteiger partial charge in [0.05, 0.1) is 5.88 Å². The largest absolute Gasteiger partial charge is 1.00 e. The quantitative estimate of drug-likeness (QED) is 0.446. The predicted molar refractivity (Wildman–Crippen MR) is 49.3 cm³/mol. The minimum atomic E-state index is -3.51. The van der Waals surface area contributed by atoms with Gasteiger partial charge in [0.25, 0.3) is 0 Å². The van der Waals surface area contributed by atoms with Gasteiger partial charge in [-0.05, 0) is 19.1 Å². The van der Waals surface area contributed by atoms with Gasteiger partial charge in [0, 0.05) is 4.90 Å². The van der Waals surface area contributed by atoms with Gasteiger partial charge in [-0.1, -0.05) is 17.7 Å². The molecule has 0 aromatic heterocycles. The van der Waals surface area contributed by atoms with Gasteiger partial charge in [0.2, 0.25) is 0 Å². The van der Waals surface area contributed by atoms with Gasteiger partial charge in [0.1, 0.15) is 9.84 Å². The summed E-state index contributed by atoms with van der Waals surface area (Å²) in [6.07, 6.45) is 0. The number of hydrogen-bond acceptors (Lipinski definition) is 2. The molecule has 0 spiro atoms. The fraction of sp³-hybridized carbons (Fsp3) is 0.111. The normalized spacial score (nSPS) is 9.71. The molecule has 5 heteroatoms. The van der Waals surface area contributed by atoms with Crippen molar-refractivity contribution >= 4 is 9.84 Å². The second-order valence-electron chi connectivity index (χ2n) is 2.59. The Hall–Kier alpha value is -0.873. The smallest absolute Gasteiger partial charge is 0.445 e. The maximum Gasteiger partial charge on any atom is 1.00 e. The van der Waals surface area contributed by atoms with Gasteiger partial charge in [-0.3, -0.25) is 6.57 Å². The molecule has 0 N–H and O–H groups in total. The van der Waals surface area contributed by atoms with Crippen LogP contribution in [-0.2, 0) is 9.84 Å². The Bertz CT molecular complexity index is 431. The van der Waals surface area contributed by atoms with Crippen LogP contribution in [0.25, 0.3) is 4.85 Å². The van der Waals surface area contributed by atoms with Gasteiger partial charge in [0.15, 0.2) is 0 Å². The third-order valence-electron chi connectivity index (χ3n) is 1.54. The average Bonchev–Trinajstić information content (AvgIpc) is 2.05. The molecule has 68 valence electrons. The van der Waals surface area contributed by atoms with Gasteiger partial charge in [-0.15, -0.1) is 0 Å². The van der Waals surface area contributed by atoms with E-state index in [1.807, 2.05) is 6.92 Å². The molecule has 14 heavy (non-hydrogen) atoms. The molecule has 3 nitrogen and oxygen atoms in total. The molecule has 0 saturated carbocycles. The maximum atomic E-state index is 11.3. The van der Waals surface area contributed by atoms with E-state index < -0.39 is 9.84 Å². The van der Waals surface area contributed by atoms with Crippen molar-refractivity contribution in [3.8, 4) is 0 Å². The van der Waals surface area contributed by atoms with E-state index in [1.54, 1.807) is 12.1 Å². The molecule has 0 aliphatic heterocycles. The van der Waals surface area contributed by atoms with Crippen LogP contribution in [0.5, 0.6) is 0 Å². The molecule has 0 atom stereocenters. The van der Waals surface area contributed by atoms with Crippen molar-refractivity contribution in [1.82, 2.24) is 0 Å². The van der Waals surface area contributed by atoms with Crippen molar-refractivity contribution in [2.24, 2.45) is 0 Å². The third kappa shape index (κ3) is 3.12. The predicted octanol–water partition coefficient (Wildman–Crippen LogP) is -1.19. The summed E-state index contributed by atoms with van der Waals surface area (Å²) in [6.45, 7) is 8.31. The van der Waals surface area contributed by atoms with Crippen molar-refractivity contribution in [2.45, 2.75) is 11.8 Å². The molecular formula is C9H8LiNO2S. The van der Waals surface area contributed by atoms with E-state index >= 15 is 0 Å². The minimum absolute atomic E-state index is 0. The molecule has 0 fully saturated rings. The first-order valence-electron chi connectivity index (χ1n) is 3.58. The Balaban J connectivity index is 0.00000169. The molecule has 1 aromatic rings. The van der Waals surface area contributed by atoms with Crippen molar-refractivity contribution in [3.63, 3.8) is 0 Å². The monoisotopic (exact) mass is 201 g/mol. The number of sulfone groups is 1. The van der Waals surface area contributed by atoms with E-state index in [9.17, 15) is 8.42 Å². The SMILES string of the molecule is [C-]#[N+][CH-]S(=O)(=O)c1ccc(C)cc1.[Li+]. The Morgan fingerprint density at radius 1 is 1.29 bits per heavy atom. The Labute approximate surface area is 96.1 Å². The number of rotatable bonds is 2. The topological polar surface area (TPSA) is 38.5 Å². The molecule has 0 aliphatic carbocycles. The third-order valence-corrected chi connectivity index (χ3v) is 2.85. The fourth-order valence-electron chi connectivity index (χ4n) is 0.858. The molecule has 0 aliphatic rings. The van der Waals surface area contributed by atoms with E-state index in [0.29, 0.717) is 5.88 Å². The van der Waals surface area contributed by atoms with Crippen LogP contribution >= 0.6 is 0 Å². The molecule has 0 bridgehead atoms. The molecule has 1 aromatic carbocycles. The number of hydrogen-bond donors (Lipinski definition) is 0. The molecular weight excluding hydrogens is 193 g/mol. The van der Waals surface area contributed by atoms with E-state index in [1.165, 1.54) is 12.1 Å². The van der Waals surface area contributed by atoms with Crippen molar-refractivity contribution < 1.29 is 27.3 Å². The summed E-state index contributed by atoms with van der Waals surface area (Å²) in [5.74, 6) is 0.623. The standard InChI is InChI=1S/C9H8NO2S.Li/c1-8-3-5-9(6-4-8)13(11,12)7-10-2;/h3-7H,1H3;/q-1;+1. The maximum absolute atomic E-state index is 11.3. The van der Waals surface area contributed by atoms with Crippen LogP contribution in [0.15, 0.2) is 29.2 Å². The van der Waals surface area contributed by atoms with Crippen LogP contribution < -0.4 is 18.9 Å². The molecule has 0 unspecified atom stereocenters. The Kier molecular flexibility index (Phi) is 4.80. The van der Waals surface area contributed by atoms with E-state index in [0.717, 1.165) is 5.56 Å². The Morgan fingerprint density at radius 3 is 2.21 bits per heavy atom. The van der Waals surface area contributed by atoms with Crippen LogP contribution in [0.1, 0.15) is 5.56 Å². The van der Waals surface area contributed by atoms with Crippen LogP contribution in [-0.4, -0.2) is 8.42 Å². The average molecular weight is 201 g/mol. The fourth-order valence-corrected chi connectivity index (χ4v) is 1.63. The van der Waals surface area contributed by atoms with Crippen molar-refractivity contribution in [3.05, 3.63) is 47.1 Å². The van der Waals surface area contributed by atoms with E-state index in [4.69, 9.17) is 6.57 Å². The molecule has 0 amide bonds. The number of nitrogens with zero attached hydrogens (tertiary/aromatic N) is 1. The van der Waals surface area contributed by atoms with E-state index in [-0.39, 0.29) is 23.8 Å². The van der Waals surface area contributed by atoms with Gasteiger partial charge in [-0.25, -0.2) is 8.42 Å². The zero-order valence-corrected chi connectivity index (χ0v) is 8.88. The Morgan fingerprint density at radius 2 is 1.79 bits per heavy atom. The van der Waals surface area contributed by atoms with Crippen LogP contribution in [0.4, 0.5) is 0 Å². The zero-order chi connectivity index (χ0) is 9.90. The number of aryl methyl sites for hydroxylation is 1. The van der Waals surface area contributed by atoms with Crippen LogP contribution in [0.2, 0.25) is 0 Å². The summed E-state index contributed by atoms with van der Waals surface area (Å²) >= 11 is 0. The summed E-state index contributed by atoms with van der Waals surface area (Å²) < 4.78 is 22.5. The summed E-state index contributed by atoms with van der Waals surface area (Å²) in [4.78, 5) is 2.90. The van der Waals surface area contributed by atoms with Gasteiger partial charge >= 0.3 is 18.9 Å². The summed E-state index contributed by atoms with van der Waals surface area (Å²) in [7, 11) is -3.51. The van der Waals surface area contributed by atoms with E-state index in [2.05, 4.69) is 4.85 Å². The summed E-state index contributed by atoms with van der Waals surface area (Å²) in [5.41, 5.74) is 0.988. The summed E-state index contributed by atoms with van der Waals surface area (Å²) in [5, 5.41) is 0. The first-order chi connectivity index (χ1) is 6.06. The van der Waals surface area contributed by atoms with Gasteiger partial charge < -0.3 is 4.85 Å². The first-order valence-corrected chi connectivity index (χ1v) is 5.12. The zero-order valence-electron chi connectivity index (χ0n) is 8.06. The second kappa shape index (κ2) is 5.12. The number of benzene rings is 1. The van der Waals surface area contributed by atoms with Crippen molar-refractivity contribution in [1.29, 1.82) is 0 Å². The van der Waals surface area contributed by atoms with Crippen LogP contribution in [0.3, 0.4) is 0 Å². The molecule has 0 radical (unpaired) electrons. The summed E-state index contributed by atoms with van der Waals surface area (Å²) in [6, 6.07) is 6.38. The molecule has 0 saturated heterocycles. The second-order valence-corrected chi connectivity index (χ2v) is 4.36. The molecule has 1 rings (SSSR count). The van der Waals surface area contributed by atoms with Crippen molar-refractivity contribution in [2.75, 3.05) is 0 Å². The minimum Gasteiger partial charge on any atom is -0.445 e. The first kappa shape index (κ1) is 13.1.